The molecule has 1 unspecified atom stereocenters. The van der Waals surface area contributed by atoms with E-state index in [0.29, 0.717) is 22.4 Å². The number of aryl methyl sites for hydroxylation is 1. The summed E-state index contributed by atoms with van der Waals surface area (Å²) in [5.41, 5.74) is 3.14. The SMILES string of the molecule is O=C1N[C@@H](C2CCc3n[nH]cc3C2)C[C@H]1Cc1c(Cl)cc(O)cc1Cl. The number of benzene rings is 1. The van der Waals surface area contributed by atoms with Crippen molar-refractivity contribution in [3.63, 3.8) is 0 Å². The molecule has 5 nitrogen and oxygen atoms in total. The summed E-state index contributed by atoms with van der Waals surface area (Å²) in [6.45, 7) is 0. The molecule has 1 aromatic heterocycles. The lowest BCUT2D eigenvalue weighted by molar-refractivity contribution is -0.122. The fourth-order valence-corrected chi connectivity index (χ4v) is 4.71. The average molecular weight is 380 g/mol. The molecule has 2 heterocycles. The molecule has 1 fully saturated rings. The summed E-state index contributed by atoms with van der Waals surface area (Å²) in [5, 5.41) is 20.7. The van der Waals surface area contributed by atoms with Crippen LogP contribution < -0.4 is 5.32 Å². The van der Waals surface area contributed by atoms with Crippen LogP contribution in [0, 0.1) is 11.8 Å². The predicted octanol–water partition coefficient (Wildman–Crippen LogP) is 3.27. The number of aromatic nitrogens is 2. The molecule has 0 spiro atoms. The maximum atomic E-state index is 12.5. The minimum absolute atomic E-state index is 0.0330. The Morgan fingerprint density at radius 2 is 2.04 bits per heavy atom. The van der Waals surface area contributed by atoms with Crippen molar-refractivity contribution < 1.29 is 9.90 Å². The molecule has 2 aliphatic rings. The van der Waals surface area contributed by atoms with E-state index in [-0.39, 0.29) is 23.6 Å². The maximum absolute atomic E-state index is 12.5. The lowest BCUT2D eigenvalue weighted by Crippen LogP contribution is -2.35. The van der Waals surface area contributed by atoms with Crippen LogP contribution in [0.5, 0.6) is 5.75 Å². The topological polar surface area (TPSA) is 78.0 Å². The standard InChI is InChI=1S/C18H19Cl2N3O2/c19-14-6-12(24)7-15(20)13(14)4-10-5-17(22-18(10)25)9-1-2-16-11(3-9)8-21-23-16/h6-10,17,24H,1-5H2,(H,21,23)(H,22,25)/t9?,10-,17-/m1/s1. The van der Waals surface area contributed by atoms with Gasteiger partial charge in [0.15, 0.2) is 0 Å². The Morgan fingerprint density at radius 1 is 1.28 bits per heavy atom. The molecule has 1 saturated heterocycles. The quantitative estimate of drug-likeness (QED) is 0.765. The third kappa shape index (κ3) is 3.23. The predicted molar refractivity (Wildman–Crippen MR) is 96.0 cm³/mol. The second kappa shape index (κ2) is 6.54. The van der Waals surface area contributed by atoms with E-state index in [4.69, 9.17) is 23.2 Å². The molecule has 132 valence electrons. The number of carbonyl (C=O) groups is 1. The van der Waals surface area contributed by atoms with Gasteiger partial charge >= 0.3 is 0 Å². The highest BCUT2D eigenvalue weighted by molar-refractivity contribution is 6.36. The zero-order valence-electron chi connectivity index (χ0n) is 13.6. The second-order valence-electron chi connectivity index (χ2n) is 7.00. The van der Waals surface area contributed by atoms with Gasteiger partial charge in [0, 0.05) is 28.2 Å². The molecule has 2 aromatic rings. The Morgan fingerprint density at radius 3 is 2.80 bits per heavy atom. The number of phenols is 1. The number of nitrogens with zero attached hydrogens (tertiary/aromatic N) is 1. The Hall–Kier alpha value is -1.72. The zero-order chi connectivity index (χ0) is 17.6. The van der Waals surface area contributed by atoms with Crippen LogP contribution in [0.15, 0.2) is 18.3 Å². The third-order valence-electron chi connectivity index (χ3n) is 5.43. The van der Waals surface area contributed by atoms with Crippen molar-refractivity contribution in [3.8, 4) is 5.75 Å². The molecule has 0 bridgehead atoms. The molecular weight excluding hydrogens is 361 g/mol. The van der Waals surface area contributed by atoms with E-state index < -0.39 is 0 Å². The smallest absolute Gasteiger partial charge is 0.223 e. The van der Waals surface area contributed by atoms with E-state index in [1.807, 2.05) is 6.20 Å². The van der Waals surface area contributed by atoms with Crippen LogP contribution in [-0.2, 0) is 24.1 Å². The lowest BCUT2D eigenvalue weighted by Gasteiger charge is -2.26. The first-order valence-corrected chi connectivity index (χ1v) is 9.25. The summed E-state index contributed by atoms with van der Waals surface area (Å²) in [7, 11) is 0. The van der Waals surface area contributed by atoms with E-state index in [2.05, 4.69) is 15.5 Å². The van der Waals surface area contributed by atoms with Gasteiger partial charge in [-0.3, -0.25) is 9.89 Å². The molecule has 1 aromatic carbocycles. The Kier molecular flexibility index (Phi) is 4.38. The van der Waals surface area contributed by atoms with Crippen LogP contribution >= 0.6 is 23.2 Å². The number of hydrogen-bond acceptors (Lipinski definition) is 3. The number of fused-ring (bicyclic) bond motifs is 1. The minimum atomic E-state index is -0.143. The van der Waals surface area contributed by atoms with Crippen molar-refractivity contribution in [2.75, 3.05) is 0 Å². The second-order valence-corrected chi connectivity index (χ2v) is 7.81. The molecule has 0 saturated carbocycles. The van der Waals surface area contributed by atoms with Gasteiger partial charge in [-0.1, -0.05) is 23.2 Å². The van der Waals surface area contributed by atoms with Crippen molar-refractivity contribution in [2.24, 2.45) is 11.8 Å². The van der Waals surface area contributed by atoms with Gasteiger partial charge in [0.1, 0.15) is 5.75 Å². The number of aromatic amines is 1. The number of H-pyrrole nitrogens is 1. The van der Waals surface area contributed by atoms with Gasteiger partial charge < -0.3 is 10.4 Å². The first kappa shape index (κ1) is 16.7. The van der Waals surface area contributed by atoms with Gasteiger partial charge in [0.2, 0.25) is 5.91 Å². The zero-order valence-corrected chi connectivity index (χ0v) is 15.1. The summed E-state index contributed by atoms with van der Waals surface area (Å²) in [5.74, 6) is 0.383. The highest BCUT2D eigenvalue weighted by Gasteiger charge is 2.38. The number of aromatic hydroxyl groups is 1. The van der Waals surface area contributed by atoms with Crippen LogP contribution in [0.2, 0.25) is 10.0 Å². The van der Waals surface area contributed by atoms with Crippen LogP contribution in [0.3, 0.4) is 0 Å². The van der Waals surface area contributed by atoms with Crippen LogP contribution in [0.25, 0.3) is 0 Å². The summed E-state index contributed by atoms with van der Waals surface area (Å²) in [4.78, 5) is 12.5. The Balaban J connectivity index is 1.46. The van der Waals surface area contributed by atoms with E-state index in [0.717, 1.165) is 36.9 Å². The maximum Gasteiger partial charge on any atom is 0.223 e. The van der Waals surface area contributed by atoms with Gasteiger partial charge in [0.25, 0.3) is 0 Å². The van der Waals surface area contributed by atoms with E-state index >= 15 is 0 Å². The fraction of sp³-hybridized carbons (Fsp3) is 0.444. The van der Waals surface area contributed by atoms with Gasteiger partial charge in [-0.05, 0) is 61.3 Å². The number of carbonyl (C=O) groups excluding carboxylic acids is 1. The molecule has 1 aliphatic heterocycles. The first-order chi connectivity index (χ1) is 12.0. The van der Waals surface area contributed by atoms with Crippen LogP contribution in [-0.4, -0.2) is 27.3 Å². The molecule has 4 rings (SSSR count). The summed E-state index contributed by atoms with van der Waals surface area (Å²) < 4.78 is 0. The fourth-order valence-electron chi connectivity index (χ4n) is 4.08. The molecule has 25 heavy (non-hydrogen) atoms. The number of nitrogens with one attached hydrogen (secondary N) is 2. The largest absolute Gasteiger partial charge is 0.508 e. The lowest BCUT2D eigenvalue weighted by atomic mass is 9.81. The third-order valence-corrected chi connectivity index (χ3v) is 6.10. The molecule has 7 heteroatoms. The summed E-state index contributed by atoms with van der Waals surface area (Å²) in [6, 6.07) is 3.11. The van der Waals surface area contributed by atoms with E-state index in [9.17, 15) is 9.90 Å². The first-order valence-electron chi connectivity index (χ1n) is 8.50. The Labute approximate surface area is 155 Å². The molecule has 1 amide bonds. The van der Waals surface area contributed by atoms with Crippen molar-refractivity contribution in [2.45, 2.75) is 38.1 Å². The molecular formula is C18H19Cl2N3O2. The average Bonchev–Trinajstić information content (AvgIpc) is 3.16. The number of halogens is 2. The molecule has 0 radical (unpaired) electrons. The molecule has 1 aliphatic carbocycles. The van der Waals surface area contributed by atoms with Gasteiger partial charge in [-0.15, -0.1) is 0 Å². The van der Waals surface area contributed by atoms with Crippen molar-refractivity contribution in [1.82, 2.24) is 15.5 Å². The highest BCUT2D eigenvalue weighted by Crippen LogP contribution is 2.36. The highest BCUT2D eigenvalue weighted by atomic mass is 35.5. The van der Waals surface area contributed by atoms with Gasteiger partial charge in [-0.2, -0.15) is 5.10 Å². The number of phenolic OH excluding ortho intramolecular Hbond substituents is 1. The van der Waals surface area contributed by atoms with E-state index in [1.54, 1.807) is 0 Å². The monoisotopic (exact) mass is 379 g/mol. The number of rotatable bonds is 3. The Bertz CT molecular complexity index is 797. The van der Waals surface area contributed by atoms with Crippen molar-refractivity contribution in [3.05, 3.63) is 45.2 Å². The van der Waals surface area contributed by atoms with Crippen molar-refractivity contribution in [1.29, 1.82) is 0 Å². The van der Waals surface area contributed by atoms with Gasteiger partial charge in [0.05, 0.1) is 5.69 Å². The molecule has 3 atom stereocenters. The van der Waals surface area contributed by atoms with Gasteiger partial charge in [-0.25, -0.2) is 0 Å². The van der Waals surface area contributed by atoms with Crippen LogP contribution in [0.4, 0.5) is 0 Å². The van der Waals surface area contributed by atoms with E-state index in [1.165, 1.54) is 17.7 Å². The minimum Gasteiger partial charge on any atom is -0.508 e. The van der Waals surface area contributed by atoms with Crippen LogP contribution in [0.1, 0.15) is 29.7 Å². The number of hydrogen-bond donors (Lipinski definition) is 3. The number of amides is 1. The molecule has 3 N–H and O–H groups in total. The van der Waals surface area contributed by atoms with Crippen molar-refractivity contribution >= 4 is 29.1 Å². The summed E-state index contributed by atoms with van der Waals surface area (Å²) >= 11 is 12.4. The summed E-state index contributed by atoms with van der Waals surface area (Å²) in [6.07, 6.45) is 6.18. The normalized spacial score (nSPS) is 25.7.